The Morgan fingerprint density at radius 2 is 1.93 bits per heavy atom. The Morgan fingerprint density at radius 1 is 1.14 bits per heavy atom. The monoisotopic (exact) mass is 393 g/mol. The van der Waals surface area contributed by atoms with E-state index < -0.39 is 0 Å². The number of hydrogen-bond acceptors (Lipinski definition) is 5. The van der Waals surface area contributed by atoms with Crippen LogP contribution in [-0.4, -0.2) is 55.2 Å². The molecule has 1 aromatic heterocycles. The van der Waals surface area contributed by atoms with Crippen LogP contribution in [0, 0.1) is 0 Å². The van der Waals surface area contributed by atoms with Crippen LogP contribution in [0.4, 0.5) is 0 Å². The van der Waals surface area contributed by atoms with Crippen molar-refractivity contribution in [2.24, 2.45) is 0 Å². The van der Waals surface area contributed by atoms with Crippen molar-refractivity contribution in [3.8, 4) is 22.6 Å². The maximum absolute atomic E-state index is 11.8. The zero-order valence-electron chi connectivity index (χ0n) is 17.0. The fraction of sp³-hybridized carbons (Fsp3) is 0.273. The predicted octanol–water partition coefficient (Wildman–Crippen LogP) is 2.88. The third kappa shape index (κ3) is 5.43. The Labute approximate surface area is 171 Å². The van der Waals surface area contributed by atoms with Crippen LogP contribution < -0.4 is 15.4 Å². The lowest BCUT2D eigenvalue weighted by molar-refractivity contribution is 0.0963. The van der Waals surface area contributed by atoms with Crippen LogP contribution in [0.3, 0.4) is 0 Å². The molecule has 3 N–H and O–H groups in total. The van der Waals surface area contributed by atoms with Crippen molar-refractivity contribution < 1.29 is 9.53 Å². The van der Waals surface area contributed by atoms with Crippen molar-refractivity contribution in [2.75, 3.05) is 34.2 Å². The van der Waals surface area contributed by atoms with E-state index >= 15 is 0 Å². The topological polar surface area (TPSA) is 82.3 Å². The van der Waals surface area contributed by atoms with Crippen molar-refractivity contribution in [1.82, 2.24) is 25.7 Å². The quantitative estimate of drug-likeness (QED) is 0.521. The van der Waals surface area contributed by atoms with Gasteiger partial charge in [-0.3, -0.25) is 14.8 Å². The highest BCUT2D eigenvalue weighted by atomic mass is 16.5. The van der Waals surface area contributed by atoms with E-state index in [1.165, 1.54) is 0 Å². The second-order valence-electron chi connectivity index (χ2n) is 6.82. The lowest BCUT2D eigenvalue weighted by atomic mass is 10.1. The molecule has 0 atom stereocenters. The van der Waals surface area contributed by atoms with Crippen molar-refractivity contribution in [2.45, 2.75) is 6.54 Å². The van der Waals surface area contributed by atoms with E-state index in [1.807, 2.05) is 43.6 Å². The van der Waals surface area contributed by atoms with Gasteiger partial charge >= 0.3 is 0 Å². The first kappa shape index (κ1) is 20.6. The van der Waals surface area contributed by atoms with E-state index in [0.717, 1.165) is 36.5 Å². The summed E-state index contributed by atoms with van der Waals surface area (Å²) in [6.07, 6.45) is 1.92. The molecule has 152 valence electrons. The Kier molecular flexibility index (Phi) is 6.99. The van der Waals surface area contributed by atoms with Crippen LogP contribution in [0.1, 0.15) is 16.1 Å². The highest BCUT2D eigenvalue weighted by Crippen LogP contribution is 2.28. The number of carbonyl (C=O) groups is 1. The second-order valence-corrected chi connectivity index (χ2v) is 6.82. The number of nitrogens with zero attached hydrogens (tertiary/aromatic N) is 2. The molecule has 0 radical (unpaired) electrons. The van der Waals surface area contributed by atoms with E-state index in [-0.39, 0.29) is 5.91 Å². The lowest BCUT2D eigenvalue weighted by Crippen LogP contribution is -2.27. The molecule has 0 saturated heterocycles. The molecule has 2 aromatic carbocycles. The van der Waals surface area contributed by atoms with Gasteiger partial charge < -0.3 is 15.4 Å². The van der Waals surface area contributed by atoms with Gasteiger partial charge in [-0.2, -0.15) is 5.10 Å². The van der Waals surface area contributed by atoms with Gasteiger partial charge in [-0.05, 0) is 50.0 Å². The molecule has 0 spiro atoms. The molecule has 29 heavy (non-hydrogen) atoms. The number of benzene rings is 2. The number of hydrogen-bond donors (Lipinski definition) is 3. The van der Waals surface area contributed by atoms with Crippen LogP contribution in [0.15, 0.2) is 54.7 Å². The minimum Gasteiger partial charge on any atom is -0.457 e. The van der Waals surface area contributed by atoms with Gasteiger partial charge in [0.15, 0.2) is 0 Å². The molecule has 0 unspecified atom stereocenters. The molecule has 0 aliphatic rings. The predicted molar refractivity (Wildman–Crippen MR) is 114 cm³/mol. The van der Waals surface area contributed by atoms with E-state index in [9.17, 15) is 4.79 Å². The molecule has 0 saturated carbocycles. The van der Waals surface area contributed by atoms with Gasteiger partial charge in [-0.15, -0.1) is 0 Å². The highest BCUT2D eigenvalue weighted by Gasteiger charge is 2.11. The van der Waals surface area contributed by atoms with E-state index in [2.05, 4.69) is 32.8 Å². The molecular weight excluding hydrogens is 366 g/mol. The van der Waals surface area contributed by atoms with Gasteiger partial charge in [0.1, 0.15) is 11.5 Å². The van der Waals surface area contributed by atoms with Crippen LogP contribution in [-0.2, 0) is 6.54 Å². The summed E-state index contributed by atoms with van der Waals surface area (Å²) >= 11 is 0. The average Bonchev–Trinajstić information content (AvgIpc) is 3.20. The molecule has 3 aromatic rings. The van der Waals surface area contributed by atoms with Crippen molar-refractivity contribution in [3.05, 3.63) is 66.0 Å². The number of aromatic amines is 1. The molecular formula is C22H27N5O2. The molecule has 1 heterocycles. The number of amides is 1. The first-order chi connectivity index (χ1) is 14.1. The highest BCUT2D eigenvalue weighted by molar-refractivity contribution is 5.94. The Bertz CT molecular complexity index is 936. The molecule has 0 fully saturated rings. The minimum atomic E-state index is -0.141. The number of aromatic nitrogens is 2. The summed E-state index contributed by atoms with van der Waals surface area (Å²) in [7, 11) is 5.64. The summed E-state index contributed by atoms with van der Waals surface area (Å²) < 4.78 is 5.91. The maximum Gasteiger partial charge on any atom is 0.251 e. The first-order valence-electron chi connectivity index (χ1n) is 9.57. The zero-order chi connectivity index (χ0) is 20.6. The van der Waals surface area contributed by atoms with Crippen molar-refractivity contribution >= 4 is 5.91 Å². The van der Waals surface area contributed by atoms with E-state index in [1.54, 1.807) is 25.2 Å². The SMILES string of the molecule is CNCCN(C)Cc1n[nH]cc1-c1ccc(Oc2cccc(C(=O)NC)c2)cc1. The van der Waals surface area contributed by atoms with Gasteiger partial charge in [0.25, 0.3) is 5.91 Å². The Balaban J connectivity index is 1.70. The van der Waals surface area contributed by atoms with E-state index in [0.29, 0.717) is 17.1 Å². The van der Waals surface area contributed by atoms with Crippen LogP contribution in [0.25, 0.3) is 11.1 Å². The van der Waals surface area contributed by atoms with Crippen LogP contribution in [0.5, 0.6) is 11.5 Å². The number of carbonyl (C=O) groups excluding carboxylic acids is 1. The van der Waals surface area contributed by atoms with Gasteiger partial charge in [0.05, 0.1) is 5.69 Å². The van der Waals surface area contributed by atoms with Crippen LogP contribution >= 0.6 is 0 Å². The molecule has 3 rings (SSSR count). The summed E-state index contributed by atoms with van der Waals surface area (Å²) in [6, 6.07) is 15.0. The van der Waals surface area contributed by atoms with E-state index in [4.69, 9.17) is 4.74 Å². The summed E-state index contributed by atoms with van der Waals surface area (Å²) in [5.41, 5.74) is 3.72. The number of rotatable bonds is 9. The number of likely N-dealkylation sites (N-methyl/N-ethyl adjacent to an activating group) is 2. The van der Waals surface area contributed by atoms with Crippen molar-refractivity contribution in [3.63, 3.8) is 0 Å². The van der Waals surface area contributed by atoms with Gasteiger partial charge in [-0.25, -0.2) is 0 Å². The van der Waals surface area contributed by atoms with Gasteiger partial charge in [0.2, 0.25) is 0 Å². The van der Waals surface area contributed by atoms with Gasteiger partial charge in [0, 0.05) is 44.0 Å². The number of H-pyrrole nitrogens is 1. The Hall–Kier alpha value is -3.16. The average molecular weight is 393 g/mol. The molecule has 0 aliphatic heterocycles. The third-order valence-electron chi connectivity index (χ3n) is 4.61. The smallest absolute Gasteiger partial charge is 0.251 e. The maximum atomic E-state index is 11.8. The molecule has 7 heteroatoms. The summed E-state index contributed by atoms with van der Waals surface area (Å²) in [5, 5.41) is 13.2. The third-order valence-corrected chi connectivity index (χ3v) is 4.61. The largest absolute Gasteiger partial charge is 0.457 e. The van der Waals surface area contributed by atoms with Gasteiger partial charge in [-0.1, -0.05) is 18.2 Å². The standard InChI is InChI=1S/C22H27N5O2/c1-23-11-12-27(3)15-21-20(14-25-26-21)16-7-9-18(10-8-16)29-19-6-4-5-17(13-19)22(28)24-2/h4-10,13-14,23H,11-12,15H2,1-3H3,(H,24,28)(H,25,26). The molecule has 1 amide bonds. The molecule has 7 nitrogen and oxygen atoms in total. The first-order valence-corrected chi connectivity index (χ1v) is 9.57. The molecule has 0 aliphatic carbocycles. The summed E-state index contributed by atoms with van der Waals surface area (Å²) in [4.78, 5) is 14.0. The number of nitrogens with one attached hydrogen (secondary N) is 3. The minimum absolute atomic E-state index is 0.141. The van der Waals surface area contributed by atoms with Crippen LogP contribution in [0.2, 0.25) is 0 Å². The normalized spacial score (nSPS) is 10.9. The summed E-state index contributed by atoms with van der Waals surface area (Å²) in [5.74, 6) is 1.19. The fourth-order valence-corrected chi connectivity index (χ4v) is 3.01. The summed E-state index contributed by atoms with van der Waals surface area (Å²) in [6.45, 7) is 2.65. The number of ether oxygens (including phenoxy) is 1. The second kappa shape index (κ2) is 9.86. The zero-order valence-corrected chi connectivity index (χ0v) is 17.0. The Morgan fingerprint density at radius 3 is 2.66 bits per heavy atom. The molecule has 0 bridgehead atoms. The fourth-order valence-electron chi connectivity index (χ4n) is 3.01. The lowest BCUT2D eigenvalue weighted by Gasteiger charge is -2.15. The van der Waals surface area contributed by atoms with Crippen molar-refractivity contribution in [1.29, 1.82) is 0 Å².